The van der Waals surface area contributed by atoms with E-state index < -0.39 is 0 Å². The quantitative estimate of drug-likeness (QED) is 0.708. The first-order chi connectivity index (χ1) is 7.97. The molecule has 0 radical (unpaired) electrons. The molecule has 17 heavy (non-hydrogen) atoms. The molecule has 0 amide bonds. The predicted octanol–water partition coefficient (Wildman–Crippen LogP) is 2.11. The van der Waals surface area contributed by atoms with E-state index in [-0.39, 0.29) is 5.54 Å². The number of nitrogens with zero attached hydrogens (tertiary/aromatic N) is 1. The summed E-state index contributed by atoms with van der Waals surface area (Å²) in [6.45, 7) is 11.7. The highest BCUT2D eigenvalue weighted by Crippen LogP contribution is 2.38. The monoisotopic (exact) mass is 242 g/mol. The minimum atomic E-state index is 0.0839. The van der Waals surface area contributed by atoms with Crippen molar-refractivity contribution in [2.45, 2.75) is 52.1 Å². The molecule has 1 fully saturated rings. The molecule has 3 nitrogen and oxygen atoms in total. The molecule has 1 rings (SSSR count). The van der Waals surface area contributed by atoms with Crippen LogP contribution in [0.2, 0.25) is 0 Å². The minimum absolute atomic E-state index is 0.0839. The van der Waals surface area contributed by atoms with E-state index in [9.17, 15) is 0 Å². The summed E-state index contributed by atoms with van der Waals surface area (Å²) in [5, 5.41) is 0. The molecule has 0 aromatic rings. The first kappa shape index (κ1) is 14.9. The third-order valence-corrected chi connectivity index (χ3v) is 4.65. The van der Waals surface area contributed by atoms with Crippen LogP contribution in [0.15, 0.2) is 0 Å². The third kappa shape index (κ3) is 3.43. The van der Waals surface area contributed by atoms with E-state index in [0.717, 1.165) is 19.1 Å². The SMILES string of the molecule is COCCN(C(C)C1CC1)C(C)(CN)C(C)C. The Labute approximate surface area is 107 Å². The zero-order valence-corrected chi connectivity index (χ0v) is 12.2. The average molecular weight is 242 g/mol. The van der Waals surface area contributed by atoms with Crippen LogP contribution >= 0.6 is 0 Å². The maximum atomic E-state index is 6.06. The number of methoxy groups -OCH3 is 1. The van der Waals surface area contributed by atoms with Gasteiger partial charge in [0, 0.05) is 31.8 Å². The first-order valence-corrected chi connectivity index (χ1v) is 6.93. The number of nitrogens with two attached hydrogens (primary N) is 1. The van der Waals surface area contributed by atoms with Gasteiger partial charge in [0.15, 0.2) is 0 Å². The summed E-state index contributed by atoms with van der Waals surface area (Å²) in [6.07, 6.45) is 2.76. The summed E-state index contributed by atoms with van der Waals surface area (Å²) in [7, 11) is 1.77. The molecule has 0 spiro atoms. The van der Waals surface area contributed by atoms with Gasteiger partial charge in [0.25, 0.3) is 0 Å². The molecule has 1 saturated carbocycles. The topological polar surface area (TPSA) is 38.5 Å². The van der Waals surface area contributed by atoms with E-state index in [1.54, 1.807) is 7.11 Å². The van der Waals surface area contributed by atoms with E-state index in [2.05, 4.69) is 32.6 Å². The predicted molar refractivity (Wildman–Crippen MR) is 73.1 cm³/mol. The average Bonchev–Trinajstić information content (AvgIpc) is 3.12. The van der Waals surface area contributed by atoms with Crippen molar-refractivity contribution < 1.29 is 4.74 Å². The van der Waals surface area contributed by atoms with Crippen LogP contribution in [0.3, 0.4) is 0 Å². The molecule has 0 heterocycles. The van der Waals surface area contributed by atoms with Gasteiger partial charge in [0.1, 0.15) is 0 Å². The van der Waals surface area contributed by atoms with E-state index in [1.165, 1.54) is 12.8 Å². The lowest BCUT2D eigenvalue weighted by atomic mass is 9.85. The Morgan fingerprint density at radius 3 is 2.29 bits per heavy atom. The Morgan fingerprint density at radius 2 is 1.94 bits per heavy atom. The van der Waals surface area contributed by atoms with Crippen molar-refractivity contribution in [1.29, 1.82) is 0 Å². The molecule has 0 aliphatic heterocycles. The second-order valence-corrected chi connectivity index (χ2v) is 5.98. The Bertz CT molecular complexity index is 228. The normalized spacial score (nSPS) is 21.9. The molecule has 2 unspecified atom stereocenters. The van der Waals surface area contributed by atoms with Crippen molar-refractivity contribution in [2.75, 3.05) is 26.8 Å². The van der Waals surface area contributed by atoms with Gasteiger partial charge in [0.05, 0.1) is 6.61 Å². The van der Waals surface area contributed by atoms with Crippen LogP contribution in [0, 0.1) is 11.8 Å². The van der Waals surface area contributed by atoms with Crippen molar-refractivity contribution in [2.24, 2.45) is 17.6 Å². The third-order valence-electron chi connectivity index (χ3n) is 4.65. The van der Waals surface area contributed by atoms with E-state index in [0.29, 0.717) is 18.5 Å². The van der Waals surface area contributed by atoms with Gasteiger partial charge in [-0.25, -0.2) is 0 Å². The summed E-state index contributed by atoms with van der Waals surface area (Å²) in [5.74, 6) is 1.43. The highest BCUT2D eigenvalue weighted by molar-refractivity contribution is 4.96. The molecule has 102 valence electrons. The molecule has 0 aromatic carbocycles. The Morgan fingerprint density at radius 1 is 1.35 bits per heavy atom. The van der Waals surface area contributed by atoms with Crippen molar-refractivity contribution >= 4 is 0 Å². The van der Waals surface area contributed by atoms with Crippen LogP contribution in [-0.4, -0.2) is 43.3 Å². The van der Waals surface area contributed by atoms with Crippen LogP contribution in [0.5, 0.6) is 0 Å². The number of hydrogen-bond donors (Lipinski definition) is 1. The molecule has 2 atom stereocenters. The van der Waals surface area contributed by atoms with Crippen LogP contribution in [0.1, 0.15) is 40.5 Å². The summed E-state index contributed by atoms with van der Waals surface area (Å²) in [4.78, 5) is 2.58. The van der Waals surface area contributed by atoms with Gasteiger partial charge in [-0.3, -0.25) is 4.90 Å². The lowest BCUT2D eigenvalue weighted by Gasteiger charge is -2.47. The van der Waals surface area contributed by atoms with Crippen LogP contribution in [0.4, 0.5) is 0 Å². The van der Waals surface area contributed by atoms with Gasteiger partial charge in [-0.15, -0.1) is 0 Å². The van der Waals surface area contributed by atoms with Crippen molar-refractivity contribution in [1.82, 2.24) is 4.90 Å². The van der Waals surface area contributed by atoms with Crippen molar-refractivity contribution in [3.63, 3.8) is 0 Å². The van der Waals surface area contributed by atoms with E-state index in [1.807, 2.05) is 0 Å². The van der Waals surface area contributed by atoms with E-state index >= 15 is 0 Å². The summed E-state index contributed by atoms with van der Waals surface area (Å²) in [6, 6.07) is 0.626. The smallest absolute Gasteiger partial charge is 0.0590 e. The summed E-state index contributed by atoms with van der Waals surface area (Å²) >= 11 is 0. The first-order valence-electron chi connectivity index (χ1n) is 6.93. The maximum absolute atomic E-state index is 6.06. The lowest BCUT2D eigenvalue weighted by molar-refractivity contribution is 0.00433. The number of ether oxygens (including phenoxy) is 1. The molecule has 0 aromatic heterocycles. The highest BCUT2D eigenvalue weighted by Gasteiger charge is 2.41. The highest BCUT2D eigenvalue weighted by atomic mass is 16.5. The minimum Gasteiger partial charge on any atom is -0.383 e. The van der Waals surface area contributed by atoms with Gasteiger partial charge in [0.2, 0.25) is 0 Å². The van der Waals surface area contributed by atoms with Gasteiger partial charge in [-0.1, -0.05) is 13.8 Å². The van der Waals surface area contributed by atoms with Crippen molar-refractivity contribution in [3.8, 4) is 0 Å². The zero-order chi connectivity index (χ0) is 13.1. The maximum Gasteiger partial charge on any atom is 0.0590 e. The molecule has 0 bridgehead atoms. The second kappa shape index (κ2) is 6.17. The Kier molecular flexibility index (Phi) is 5.42. The molecule has 3 heteroatoms. The Hall–Kier alpha value is -0.120. The molecule has 0 saturated heterocycles. The largest absolute Gasteiger partial charge is 0.383 e. The fourth-order valence-corrected chi connectivity index (χ4v) is 2.63. The van der Waals surface area contributed by atoms with Crippen LogP contribution < -0.4 is 5.73 Å². The van der Waals surface area contributed by atoms with Gasteiger partial charge < -0.3 is 10.5 Å². The van der Waals surface area contributed by atoms with Crippen LogP contribution in [-0.2, 0) is 4.74 Å². The summed E-state index contributed by atoms with van der Waals surface area (Å²) in [5.41, 5.74) is 6.14. The fraction of sp³-hybridized carbons (Fsp3) is 1.00. The van der Waals surface area contributed by atoms with Gasteiger partial charge in [-0.2, -0.15) is 0 Å². The molecular formula is C14H30N2O. The van der Waals surface area contributed by atoms with Gasteiger partial charge in [-0.05, 0) is 38.5 Å². The van der Waals surface area contributed by atoms with Crippen molar-refractivity contribution in [3.05, 3.63) is 0 Å². The molecule has 1 aliphatic rings. The Balaban J connectivity index is 2.78. The van der Waals surface area contributed by atoms with Gasteiger partial charge >= 0.3 is 0 Å². The molecular weight excluding hydrogens is 212 g/mol. The fourth-order valence-electron chi connectivity index (χ4n) is 2.63. The standard InChI is InChI=1S/C14H30N2O/c1-11(2)14(4,10-15)16(8-9-17-5)12(3)13-6-7-13/h11-13H,6-10,15H2,1-5H3. The second-order valence-electron chi connectivity index (χ2n) is 5.98. The number of hydrogen-bond acceptors (Lipinski definition) is 3. The summed E-state index contributed by atoms with van der Waals surface area (Å²) < 4.78 is 5.26. The molecule has 1 aliphatic carbocycles. The molecule has 2 N–H and O–H groups in total. The zero-order valence-electron chi connectivity index (χ0n) is 12.2. The van der Waals surface area contributed by atoms with E-state index in [4.69, 9.17) is 10.5 Å². The lowest BCUT2D eigenvalue weighted by Crippen LogP contribution is -2.59. The number of rotatable bonds is 8. The van der Waals surface area contributed by atoms with Crippen LogP contribution in [0.25, 0.3) is 0 Å².